The second kappa shape index (κ2) is 8.15. The highest BCUT2D eigenvalue weighted by molar-refractivity contribution is 6.31. The van der Waals surface area contributed by atoms with E-state index in [9.17, 15) is 18.8 Å². The molecule has 2 aromatic carbocycles. The summed E-state index contributed by atoms with van der Waals surface area (Å²) in [6.45, 7) is 0. The molecule has 156 valence electrons. The van der Waals surface area contributed by atoms with E-state index in [0.29, 0.717) is 5.56 Å². The van der Waals surface area contributed by atoms with Crippen molar-refractivity contribution in [2.45, 2.75) is 0 Å². The van der Waals surface area contributed by atoms with Gasteiger partial charge < -0.3 is 13.9 Å². The number of anilines is 1. The van der Waals surface area contributed by atoms with Crippen LogP contribution in [0.4, 0.5) is 10.1 Å². The van der Waals surface area contributed by atoms with E-state index in [1.165, 1.54) is 55.8 Å². The number of halogens is 1. The Morgan fingerprint density at radius 3 is 2.65 bits per heavy atom. The third kappa shape index (κ3) is 4.01. The molecule has 8 nitrogen and oxygen atoms in total. The predicted octanol–water partition coefficient (Wildman–Crippen LogP) is 3.11. The van der Waals surface area contributed by atoms with Crippen LogP contribution in [0.3, 0.4) is 0 Å². The maximum atomic E-state index is 13.5. The Balaban J connectivity index is 1.58. The molecule has 0 spiro atoms. The van der Waals surface area contributed by atoms with Crippen molar-refractivity contribution in [1.82, 2.24) is 5.43 Å². The first-order valence-corrected chi connectivity index (χ1v) is 9.02. The molecule has 1 fully saturated rings. The summed E-state index contributed by atoms with van der Waals surface area (Å²) < 4.78 is 29.0. The molecule has 0 radical (unpaired) electrons. The average molecular weight is 422 g/mol. The predicted molar refractivity (Wildman–Crippen MR) is 107 cm³/mol. The number of carbonyl (C=O) groups excluding carboxylic acids is 3. The quantitative estimate of drug-likeness (QED) is 0.294. The Labute approximate surface area is 175 Å². The van der Waals surface area contributed by atoms with Crippen LogP contribution in [0.2, 0.25) is 0 Å². The number of esters is 1. The van der Waals surface area contributed by atoms with Gasteiger partial charge in [-0.2, -0.15) is 0 Å². The van der Waals surface area contributed by atoms with Crippen molar-refractivity contribution in [3.05, 3.63) is 83.6 Å². The first kappa shape index (κ1) is 19.9. The Morgan fingerprint density at radius 1 is 1.10 bits per heavy atom. The summed E-state index contributed by atoms with van der Waals surface area (Å²) in [4.78, 5) is 37.1. The lowest BCUT2D eigenvalue weighted by atomic mass is 10.1. The molecule has 31 heavy (non-hydrogen) atoms. The number of amides is 2. The van der Waals surface area contributed by atoms with Gasteiger partial charge in [0.05, 0.1) is 19.1 Å². The van der Waals surface area contributed by atoms with Crippen molar-refractivity contribution in [3.63, 3.8) is 0 Å². The minimum absolute atomic E-state index is 0.0268. The fourth-order valence-electron chi connectivity index (χ4n) is 2.92. The molecule has 0 saturated carbocycles. The molecule has 1 saturated heterocycles. The lowest BCUT2D eigenvalue weighted by Crippen LogP contribution is -2.35. The fraction of sp³-hybridized carbons (Fsp3) is 0.0455. The summed E-state index contributed by atoms with van der Waals surface area (Å²) in [5.41, 5.74) is 2.90. The number of nitrogens with one attached hydrogen (secondary N) is 1. The summed E-state index contributed by atoms with van der Waals surface area (Å²) >= 11 is 0. The zero-order chi connectivity index (χ0) is 22.0. The second-order valence-corrected chi connectivity index (χ2v) is 6.40. The molecule has 0 bridgehead atoms. The number of furan rings is 1. The first-order chi connectivity index (χ1) is 15.0. The van der Waals surface area contributed by atoms with Gasteiger partial charge in [0.1, 0.15) is 11.4 Å². The van der Waals surface area contributed by atoms with Gasteiger partial charge in [-0.15, -0.1) is 0 Å². The van der Waals surface area contributed by atoms with Crippen LogP contribution in [-0.2, 0) is 9.59 Å². The molecule has 4 rings (SSSR count). The summed E-state index contributed by atoms with van der Waals surface area (Å²) in [6, 6.07) is 12.8. The summed E-state index contributed by atoms with van der Waals surface area (Å²) in [5, 5.41) is 0.966. The summed E-state index contributed by atoms with van der Waals surface area (Å²) in [6.07, 6.45) is 2.71. The van der Waals surface area contributed by atoms with Crippen LogP contribution >= 0.6 is 0 Å². The standard InChI is InChI=1S/C22H15FN2O6/c1-29-19-11-13(7-8-17(19)31-22(28)18-6-3-9-30-18)10-16-20(26)24-25(21(16)27)15-5-2-4-14(23)12-15/h2-12H,1H3,(H,24,26). The van der Waals surface area contributed by atoms with Crippen molar-refractivity contribution in [2.75, 3.05) is 12.1 Å². The van der Waals surface area contributed by atoms with E-state index in [4.69, 9.17) is 13.9 Å². The van der Waals surface area contributed by atoms with Crippen LogP contribution in [-0.4, -0.2) is 24.9 Å². The smallest absolute Gasteiger partial charge is 0.379 e. The van der Waals surface area contributed by atoms with E-state index in [-0.39, 0.29) is 28.5 Å². The minimum atomic E-state index is -0.703. The highest BCUT2D eigenvalue weighted by Gasteiger charge is 2.34. The van der Waals surface area contributed by atoms with Crippen molar-refractivity contribution in [2.24, 2.45) is 0 Å². The van der Waals surface area contributed by atoms with Gasteiger partial charge in [-0.1, -0.05) is 12.1 Å². The first-order valence-electron chi connectivity index (χ1n) is 9.02. The van der Waals surface area contributed by atoms with Crippen molar-refractivity contribution < 1.29 is 32.7 Å². The van der Waals surface area contributed by atoms with Gasteiger partial charge in [-0.25, -0.2) is 14.2 Å². The van der Waals surface area contributed by atoms with Crippen LogP contribution < -0.4 is 19.9 Å². The fourth-order valence-corrected chi connectivity index (χ4v) is 2.92. The third-order valence-corrected chi connectivity index (χ3v) is 4.38. The summed E-state index contributed by atoms with van der Waals surface area (Å²) in [7, 11) is 1.38. The Kier molecular flexibility index (Phi) is 5.23. The number of nitrogens with zero attached hydrogens (tertiary/aromatic N) is 1. The molecule has 1 N–H and O–H groups in total. The van der Waals surface area contributed by atoms with Crippen LogP contribution in [0.15, 0.2) is 70.9 Å². The van der Waals surface area contributed by atoms with E-state index in [2.05, 4.69) is 5.43 Å². The number of hydrazine groups is 1. The molecule has 2 heterocycles. The molecular formula is C22H15FN2O6. The highest BCUT2D eigenvalue weighted by atomic mass is 19.1. The molecule has 2 amide bonds. The molecule has 0 atom stereocenters. The highest BCUT2D eigenvalue weighted by Crippen LogP contribution is 2.30. The van der Waals surface area contributed by atoms with Crippen LogP contribution in [0, 0.1) is 5.82 Å². The van der Waals surface area contributed by atoms with Gasteiger partial charge in [0.25, 0.3) is 11.8 Å². The van der Waals surface area contributed by atoms with E-state index < -0.39 is 23.6 Å². The molecule has 3 aromatic rings. The van der Waals surface area contributed by atoms with Crippen LogP contribution in [0.25, 0.3) is 6.08 Å². The molecule has 1 aliphatic heterocycles. The Bertz CT molecular complexity index is 1200. The van der Waals surface area contributed by atoms with Crippen LogP contribution in [0.1, 0.15) is 16.1 Å². The number of hydrogen-bond donors (Lipinski definition) is 1. The number of methoxy groups -OCH3 is 1. The zero-order valence-corrected chi connectivity index (χ0v) is 16.1. The van der Waals surface area contributed by atoms with Gasteiger partial charge in [0, 0.05) is 0 Å². The van der Waals surface area contributed by atoms with Crippen LogP contribution in [0.5, 0.6) is 11.5 Å². The van der Waals surface area contributed by atoms with Gasteiger partial charge in [0.15, 0.2) is 11.5 Å². The minimum Gasteiger partial charge on any atom is -0.493 e. The monoisotopic (exact) mass is 422 g/mol. The lowest BCUT2D eigenvalue weighted by Gasteiger charge is -2.14. The topological polar surface area (TPSA) is 98.1 Å². The maximum Gasteiger partial charge on any atom is 0.379 e. The Morgan fingerprint density at radius 2 is 1.94 bits per heavy atom. The lowest BCUT2D eigenvalue weighted by molar-refractivity contribution is -0.117. The number of ether oxygens (including phenoxy) is 2. The second-order valence-electron chi connectivity index (χ2n) is 6.40. The van der Waals surface area contributed by atoms with E-state index in [0.717, 1.165) is 11.1 Å². The van der Waals surface area contributed by atoms with Gasteiger partial charge in [-0.05, 0) is 54.1 Å². The average Bonchev–Trinajstić information content (AvgIpc) is 3.39. The number of benzene rings is 2. The third-order valence-electron chi connectivity index (χ3n) is 4.38. The molecule has 0 unspecified atom stereocenters. The number of rotatable bonds is 5. The largest absolute Gasteiger partial charge is 0.493 e. The molecule has 0 aliphatic carbocycles. The van der Waals surface area contributed by atoms with E-state index >= 15 is 0 Å². The SMILES string of the molecule is COc1cc(C=C2C(=O)NN(c3cccc(F)c3)C2=O)ccc1OC(=O)c1ccco1. The number of hydrogen-bond acceptors (Lipinski definition) is 6. The van der Waals surface area contributed by atoms with Crippen molar-refractivity contribution in [1.29, 1.82) is 0 Å². The Hall–Kier alpha value is -4.40. The zero-order valence-electron chi connectivity index (χ0n) is 16.1. The summed E-state index contributed by atoms with van der Waals surface area (Å²) in [5.74, 6) is -2.15. The van der Waals surface area contributed by atoms with Crippen molar-refractivity contribution in [3.8, 4) is 11.5 Å². The van der Waals surface area contributed by atoms with Gasteiger partial charge >= 0.3 is 5.97 Å². The molecular weight excluding hydrogens is 407 g/mol. The van der Waals surface area contributed by atoms with E-state index in [1.54, 1.807) is 12.1 Å². The normalized spacial score (nSPS) is 14.6. The van der Waals surface area contributed by atoms with Gasteiger partial charge in [0.2, 0.25) is 5.76 Å². The molecule has 9 heteroatoms. The number of carbonyl (C=O) groups is 3. The van der Waals surface area contributed by atoms with E-state index in [1.807, 2.05) is 0 Å². The van der Waals surface area contributed by atoms with Gasteiger partial charge in [-0.3, -0.25) is 15.0 Å². The maximum absolute atomic E-state index is 13.5. The molecule has 1 aliphatic rings. The molecule has 1 aromatic heterocycles. The van der Waals surface area contributed by atoms with Crippen molar-refractivity contribution >= 4 is 29.5 Å².